The second kappa shape index (κ2) is 9.95. The highest BCUT2D eigenvalue weighted by molar-refractivity contribution is 6.10. The highest BCUT2D eigenvalue weighted by Gasteiger charge is 2.13. The Kier molecular flexibility index (Phi) is 7.38. The van der Waals surface area contributed by atoms with E-state index in [0.29, 0.717) is 22.7 Å². The van der Waals surface area contributed by atoms with Gasteiger partial charge in [-0.05, 0) is 49.2 Å². The van der Waals surface area contributed by atoms with Crippen molar-refractivity contribution >= 4 is 23.6 Å². The fraction of sp³-hybridized carbons (Fsp3) is 0.227. The van der Waals surface area contributed by atoms with Gasteiger partial charge in [0.1, 0.15) is 11.6 Å². The minimum Gasteiger partial charge on any atom is -0.493 e. The highest BCUT2D eigenvalue weighted by atomic mass is 16.6. The molecule has 0 aliphatic carbocycles. The van der Waals surface area contributed by atoms with Crippen LogP contribution in [0.1, 0.15) is 16.7 Å². The Hall–Kier alpha value is -3.79. The molecule has 0 aromatic heterocycles. The predicted molar refractivity (Wildman–Crippen MR) is 109 cm³/mol. The fourth-order valence-corrected chi connectivity index (χ4v) is 2.55. The summed E-state index contributed by atoms with van der Waals surface area (Å²) < 4.78 is 15.1. The lowest BCUT2D eigenvalue weighted by Gasteiger charge is -2.11. The molecule has 0 atom stereocenters. The number of aryl methyl sites for hydroxylation is 2. The van der Waals surface area contributed by atoms with Crippen molar-refractivity contribution in [1.29, 1.82) is 5.26 Å². The standard InChI is InChI=1S/C22H22N2O5/c1-14-5-7-18(15(2)9-14)24-22(26)17(12-23)10-16-6-8-19(20(11-16)27-3)29-13-21(25)28-4/h5-11H,13H2,1-4H3,(H,24,26)/b17-10+. The van der Waals surface area contributed by atoms with Crippen LogP contribution in [-0.2, 0) is 14.3 Å². The summed E-state index contributed by atoms with van der Waals surface area (Å²) in [7, 11) is 2.72. The van der Waals surface area contributed by atoms with Gasteiger partial charge in [0.2, 0.25) is 0 Å². The molecule has 0 heterocycles. The Morgan fingerprint density at radius 3 is 2.48 bits per heavy atom. The first kappa shape index (κ1) is 21.5. The Labute approximate surface area is 169 Å². The van der Waals surface area contributed by atoms with Crippen LogP contribution >= 0.6 is 0 Å². The Morgan fingerprint density at radius 2 is 1.86 bits per heavy atom. The van der Waals surface area contributed by atoms with Crippen molar-refractivity contribution in [2.24, 2.45) is 0 Å². The zero-order valence-corrected chi connectivity index (χ0v) is 16.7. The first-order valence-corrected chi connectivity index (χ1v) is 8.76. The van der Waals surface area contributed by atoms with Gasteiger partial charge < -0.3 is 19.5 Å². The summed E-state index contributed by atoms with van der Waals surface area (Å²) in [5, 5.41) is 12.2. The van der Waals surface area contributed by atoms with Gasteiger partial charge in [-0.15, -0.1) is 0 Å². The Bertz CT molecular complexity index is 989. The summed E-state index contributed by atoms with van der Waals surface area (Å²) in [4.78, 5) is 23.7. The van der Waals surface area contributed by atoms with Crippen molar-refractivity contribution in [2.75, 3.05) is 26.1 Å². The van der Waals surface area contributed by atoms with Gasteiger partial charge in [-0.25, -0.2) is 4.79 Å². The van der Waals surface area contributed by atoms with Gasteiger partial charge in [-0.2, -0.15) is 5.26 Å². The van der Waals surface area contributed by atoms with Gasteiger partial charge in [0.05, 0.1) is 14.2 Å². The quantitative estimate of drug-likeness (QED) is 0.439. The normalized spacial score (nSPS) is 10.7. The molecule has 0 radical (unpaired) electrons. The number of carbonyl (C=O) groups excluding carboxylic acids is 2. The van der Waals surface area contributed by atoms with Crippen molar-refractivity contribution < 1.29 is 23.8 Å². The number of nitriles is 1. The molecule has 0 aliphatic rings. The molecular formula is C22H22N2O5. The molecule has 1 N–H and O–H groups in total. The van der Waals surface area contributed by atoms with Crippen LogP contribution in [0.2, 0.25) is 0 Å². The molecule has 0 spiro atoms. The third kappa shape index (κ3) is 5.84. The van der Waals surface area contributed by atoms with Gasteiger partial charge in [0.15, 0.2) is 18.1 Å². The van der Waals surface area contributed by atoms with Crippen molar-refractivity contribution in [3.8, 4) is 17.6 Å². The van der Waals surface area contributed by atoms with Crippen LogP contribution in [-0.4, -0.2) is 32.7 Å². The van der Waals surface area contributed by atoms with Crippen molar-refractivity contribution in [3.05, 3.63) is 58.7 Å². The summed E-state index contributed by atoms with van der Waals surface area (Å²) in [6.07, 6.45) is 1.45. The van der Waals surface area contributed by atoms with Crippen molar-refractivity contribution in [3.63, 3.8) is 0 Å². The maximum Gasteiger partial charge on any atom is 0.343 e. The molecule has 0 saturated heterocycles. The number of anilines is 1. The molecule has 0 aliphatic heterocycles. The minimum atomic E-state index is -0.522. The molecule has 0 unspecified atom stereocenters. The SMILES string of the molecule is COC(=O)COc1ccc(/C=C(\C#N)C(=O)Nc2ccc(C)cc2C)cc1OC. The second-order valence-corrected chi connectivity index (χ2v) is 6.22. The van der Waals surface area contributed by atoms with Gasteiger partial charge in [0.25, 0.3) is 5.91 Å². The van der Waals surface area contributed by atoms with Crippen molar-refractivity contribution in [1.82, 2.24) is 0 Å². The van der Waals surface area contributed by atoms with E-state index in [1.807, 2.05) is 32.0 Å². The molecule has 0 fully saturated rings. The summed E-state index contributed by atoms with van der Waals surface area (Å²) in [5.41, 5.74) is 3.14. The third-order valence-electron chi connectivity index (χ3n) is 4.07. The average Bonchev–Trinajstić information content (AvgIpc) is 2.72. The first-order valence-electron chi connectivity index (χ1n) is 8.76. The van der Waals surface area contributed by atoms with E-state index in [4.69, 9.17) is 9.47 Å². The lowest BCUT2D eigenvalue weighted by Crippen LogP contribution is -2.14. The second-order valence-electron chi connectivity index (χ2n) is 6.22. The number of benzene rings is 2. The van der Waals surface area contributed by atoms with E-state index < -0.39 is 11.9 Å². The highest BCUT2D eigenvalue weighted by Crippen LogP contribution is 2.29. The van der Waals surface area contributed by atoms with E-state index in [1.54, 1.807) is 24.3 Å². The summed E-state index contributed by atoms with van der Waals surface area (Å²) in [5.74, 6) is -0.335. The van der Waals surface area contributed by atoms with Gasteiger partial charge in [-0.1, -0.05) is 23.8 Å². The predicted octanol–water partition coefficient (Wildman–Crippen LogP) is 3.41. The monoisotopic (exact) mass is 394 g/mol. The number of ether oxygens (including phenoxy) is 3. The maximum atomic E-state index is 12.5. The number of methoxy groups -OCH3 is 2. The number of rotatable bonds is 7. The van der Waals surface area contributed by atoms with Crippen LogP contribution in [0.25, 0.3) is 6.08 Å². The third-order valence-corrected chi connectivity index (χ3v) is 4.07. The molecule has 29 heavy (non-hydrogen) atoms. The topological polar surface area (TPSA) is 97.7 Å². The summed E-state index contributed by atoms with van der Waals surface area (Å²) >= 11 is 0. The first-order chi connectivity index (χ1) is 13.9. The Balaban J connectivity index is 2.22. The van der Waals surface area contributed by atoms with E-state index in [-0.39, 0.29) is 12.2 Å². The van der Waals surface area contributed by atoms with Gasteiger partial charge in [-0.3, -0.25) is 4.79 Å². The number of hydrogen-bond acceptors (Lipinski definition) is 6. The molecule has 7 heteroatoms. The number of hydrogen-bond donors (Lipinski definition) is 1. The van der Waals surface area contributed by atoms with Crippen LogP contribution in [0.4, 0.5) is 5.69 Å². The summed E-state index contributed by atoms with van der Waals surface area (Å²) in [6, 6.07) is 12.4. The lowest BCUT2D eigenvalue weighted by atomic mass is 10.1. The minimum absolute atomic E-state index is 0.0599. The summed E-state index contributed by atoms with van der Waals surface area (Å²) in [6.45, 7) is 3.59. The lowest BCUT2D eigenvalue weighted by molar-refractivity contribution is -0.142. The molecule has 1 amide bonds. The van der Waals surface area contributed by atoms with E-state index >= 15 is 0 Å². The zero-order valence-electron chi connectivity index (χ0n) is 16.7. The van der Waals surface area contributed by atoms with E-state index in [9.17, 15) is 14.9 Å². The maximum absolute atomic E-state index is 12.5. The molecule has 2 aromatic carbocycles. The van der Waals surface area contributed by atoms with Crippen molar-refractivity contribution in [2.45, 2.75) is 13.8 Å². The average molecular weight is 394 g/mol. The van der Waals surface area contributed by atoms with Crippen LogP contribution in [0.3, 0.4) is 0 Å². The largest absolute Gasteiger partial charge is 0.493 e. The number of carbonyl (C=O) groups is 2. The van der Waals surface area contributed by atoms with Gasteiger partial charge in [0, 0.05) is 5.69 Å². The molecule has 7 nitrogen and oxygen atoms in total. The van der Waals surface area contributed by atoms with Gasteiger partial charge >= 0.3 is 5.97 Å². The molecule has 2 rings (SSSR count). The number of amides is 1. The zero-order chi connectivity index (χ0) is 21.4. The van der Waals surface area contributed by atoms with Crippen LogP contribution in [0.15, 0.2) is 42.0 Å². The number of nitrogens with one attached hydrogen (secondary N) is 1. The smallest absolute Gasteiger partial charge is 0.343 e. The Morgan fingerprint density at radius 1 is 1.10 bits per heavy atom. The molecular weight excluding hydrogens is 372 g/mol. The molecule has 2 aromatic rings. The van der Waals surface area contributed by atoms with Crippen LogP contribution < -0.4 is 14.8 Å². The number of esters is 1. The van der Waals surface area contributed by atoms with Crippen LogP contribution in [0.5, 0.6) is 11.5 Å². The van der Waals surface area contributed by atoms with E-state index in [1.165, 1.54) is 20.3 Å². The van der Waals surface area contributed by atoms with Crippen LogP contribution in [0, 0.1) is 25.2 Å². The molecule has 0 saturated carbocycles. The number of nitrogens with zero attached hydrogens (tertiary/aromatic N) is 1. The van der Waals surface area contributed by atoms with E-state index in [2.05, 4.69) is 10.1 Å². The fourth-order valence-electron chi connectivity index (χ4n) is 2.55. The molecule has 150 valence electrons. The molecule has 0 bridgehead atoms. The van der Waals surface area contributed by atoms with E-state index in [0.717, 1.165) is 11.1 Å².